The second-order valence-electron chi connectivity index (χ2n) is 7.66. The molecule has 2 heterocycles. The van der Waals surface area contributed by atoms with E-state index in [1.54, 1.807) is 16.2 Å². The molecule has 0 saturated carbocycles. The zero-order chi connectivity index (χ0) is 20.4. The molecule has 1 aromatic heterocycles. The second kappa shape index (κ2) is 8.43. The van der Waals surface area contributed by atoms with E-state index in [2.05, 4.69) is 22.3 Å². The average Bonchev–Trinajstić information content (AvgIpc) is 2.96. The van der Waals surface area contributed by atoms with Gasteiger partial charge in [0.1, 0.15) is 6.54 Å². The summed E-state index contributed by atoms with van der Waals surface area (Å²) < 4.78 is 3.12. The van der Waals surface area contributed by atoms with Crippen molar-refractivity contribution in [3.05, 3.63) is 69.6 Å². The Morgan fingerprint density at radius 1 is 1.07 bits per heavy atom. The highest BCUT2D eigenvalue weighted by atomic mass is 35.5. The van der Waals surface area contributed by atoms with Crippen LogP contribution in [0.5, 0.6) is 0 Å². The topological polar surface area (TPSA) is 59.3 Å². The Kier molecular flexibility index (Phi) is 5.74. The largest absolute Gasteiger partial charge is 0.352 e. The molecule has 0 aliphatic carbocycles. The van der Waals surface area contributed by atoms with Gasteiger partial charge >= 0.3 is 5.69 Å². The smallest absolute Gasteiger partial charge is 0.329 e. The number of nitrogens with zero attached hydrogens (tertiary/aromatic N) is 3. The van der Waals surface area contributed by atoms with E-state index in [1.165, 1.54) is 5.56 Å². The maximum absolute atomic E-state index is 12.6. The van der Waals surface area contributed by atoms with Gasteiger partial charge in [0.2, 0.25) is 5.91 Å². The molecular weight excluding hydrogens is 388 g/mol. The van der Waals surface area contributed by atoms with Gasteiger partial charge in [0.25, 0.3) is 0 Å². The molecule has 1 aliphatic rings. The zero-order valence-corrected chi connectivity index (χ0v) is 17.2. The summed E-state index contributed by atoms with van der Waals surface area (Å²) in [7, 11) is 1.73. The lowest BCUT2D eigenvalue weighted by Crippen LogP contribution is -2.45. The number of hydrogen-bond acceptors (Lipinski definition) is 3. The maximum Gasteiger partial charge on any atom is 0.329 e. The van der Waals surface area contributed by atoms with Crippen molar-refractivity contribution in [1.29, 1.82) is 0 Å². The summed E-state index contributed by atoms with van der Waals surface area (Å²) in [5.41, 5.74) is 2.69. The fourth-order valence-corrected chi connectivity index (χ4v) is 4.14. The molecule has 7 heteroatoms. The third-order valence-electron chi connectivity index (χ3n) is 5.63. The molecule has 29 heavy (non-hydrogen) atoms. The van der Waals surface area contributed by atoms with Crippen molar-refractivity contribution in [2.45, 2.75) is 32.0 Å². The summed E-state index contributed by atoms with van der Waals surface area (Å²) in [5.74, 6) is -0.111. The highest BCUT2D eigenvalue weighted by molar-refractivity contribution is 6.30. The number of aromatic nitrogens is 2. The highest BCUT2D eigenvalue weighted by Gasteiger charge is 2.21. The fraction of sp³-hybridized carbons (Fsp3) is 0.364. The van der Waals surface area contributed by atoms with E-state index in [4.69, 9.17) is 11.6 Å². The van der Waals surface area contributed by atoms with E-state index in [1.807, 2.05) is 36.4 Å². The zero-order valence-electron chi connectivity index (χ0n) is 16.5. The first-order valence-electron chi connectivity index (χ1n) is 9.91. The van der Waals surface area contributed by atoms with E-state index in [9.17, 15) is 9.59 Å². The maximum atomic E-state index is 12.6. The summed E-state index contributed by atoms with van der Waals surface area (Å²) in [5, 5.41) is 3.86. The predicted molar refractivity (Wildman–Crippen MR) is 115 cm³/mol. The van der Waals surface area contributed by atoms with E-state index in [-0.39, 0.29) is 24.2 Å². The van der Waals surface area contributed by atoms with Gasteiger partial charge in [0.05, 0.1) is 11.0 Å². The second-order valence-corrected chi connectivity index (χ2v) is 8.10. The Balaban J connectivity index is 1.32. The van der Waals surface area contributed by atoms with Crippen molar-refractivity contribution in [2.75, 3.05) is 13.1 Å². The van der Waals surface area contributed by atoms with Crippen LogP contribution in [0, 0.1) is 0 Å². The fourth-order valence-electron chi connectivity index (χ4n) is 4.02. The number of piperidine rings is 1. The molecule has 152 valence electrons. The minimum Gasteiger partial charge on any atom is -0.352 e. The van der Waals surface area contributed by atoms with Gasteiger partial charge in [-0.05, 0) is 42.7 Å². The van der Waals surface area contributed by atoms with Crippen molar-refractivity contribution in [3.63, 3.8) is 0 Å². The molecule has 0 radical (unpaired) electrons. The van der Waals surface area contributed by atoms with Crippen molar-refractivity contribution in [2.24, 2.45) is 7.05 Å². The van der Waals surface area contributed by atoms with Gasteiger partial charge in [-0.2, -0.15) is 0 Å². The third-order valence-corrected chi connectivity index (χ3v) is 5.88. The molecule has 3 aromatic rings. The number of imidazole rings is 1. The number of halogens is 1. The van der Waals surface area contributed by atoms with Crippen molar-refractivity contribution in [3.8, 4) is 0 Å². The van der Waals surface area contributed by atoms with E-state index in [0.717, 1.165) is 48.5 Å². The number of amides is 1. The normalized spacial score (nSPS) is 15.7. The van der Waals surface area contributed by atoms with E-state index >= 15 is 0 Å². The highest BCUT2D eigenvalue weighted by Crippen LogP contribution is 2.16. The van der Waals surface area contributed by atoms with Gasteiger partial charge in [0, 0.05) is 37.7 Å². The van der Waals surface area contributed by atoms with Crippen LogP contribution in [0.4, 0.5) is 0 Å². The molecule has 1 amide bonds. The van der Waals surface area contributed by atoms with Crippen LogP contribution in [0.15, 0.2) is 53.3 Å². The quantitative estimate of drug-likeness (QED) is 0.701. The number of carbonyl (C=O) groups is 1. The monoisotopic (exact) mass is 412 g/mol. The number of fused-ring (bicyclic) bond motifs is 1. The number of aryl methyl sites for hydroxylation is 1. The van der Waals surface area contributed by atoms with Crippen LogP contribution in [0.3, 0.4) is 0 Å². The van der Waals surface area contributed by atoms with Gasteiger partial charge in [-0.1, -0.05) is 35.9 Å². The summed E-state index contributed by atoms with van der Waals surface area (Å²) in [6.45, 7) is 2.80. The van der Waals surface area contributed by atoms with Crippen molar-refractivity contribution >= 4 is 28.5 Å². The van der Waals surface area contributed by atoms with Crippen molar-refractivity contribution < 1.29 is 4.79 Å². The van der Waals surface area contributed by atoms with E-state index < -0.39 is 0 Å². The molecule has 1 fully saturated rings. The summed E-state index contributed by atoms with van der Waals surface area (Å²) in [6, 6.07) is 15.6. The summed E-state index contributed by atoms with van der Waals surface area (Å²) in [4.78, 5) is 27.5. The standard InChI is InChI=1S/C22H25ClN4O2/c1-25-19-4-2-3-5-20(19)27(22(25)29)15-21(28)24-18-10-12-26(13-11-18)14-16-6-8-17(23)9-7-16/h2-9,18H,10-15H2,1H3,(H,24,28). The number of benzene rings is 2. The molecular formula is C22H25ClN4O2. The van der Waals surface area contributed by atoms with Crippen LogP contribution in [0.25, 0.3) is 11.0 Å². The van der Waals surface area contributed by atoms with Crippen LogP contribution < -0.4 is 11.0 Å². The Morgan fingerprint density at radius 2 is 1.72 bits per heavy atom. The Bertz CT molecular complexity index is 1060. The first kappa shape index (κ1) is 19.7. The molecule has 1 saturated heterocycles. The third kappa shape index (κ3) is 4.38. The number of rotatable bonds is 5. The number of para-hydroxylation sites is 2. The van der Waals surface area contributed by atoms with Crippen LogP contribution >= 0.6 is 11.6 Å². The molecule has 1 aliphatic heterocycles. The Labute approximate surface area is 174 Å². The van der Waals surface area contributed by atoms with Crippen LogP contribution in [-0.4, -0.2) is 39.1 Å². The molecule has 2 aromatic carbocycles. The van der Waals surface area contributed by atoms with Crippen LogP contribution in [-0.2, 0) is 24.9 Å². The minimum absolute atomic E-state index is 0.0468. The van der Waals surface area contributed by atoms with Gasteiger partial charge in [-0.15, -0.1) is 0 Å². The Morgan fingerprint density at radius 3 is 2.41 bits per heavy atom. The molecule has 1 N–H and O–H groups in total. The van der Waals surface area contributed by atoms with Crippen LogP contribution in [0.1, 0.15) is 18.4 Å². The molecule has 0 spiro atoms. The van der Waals surface area contributed by atoms with E-state index in [0.29, 0.717) is 0 Å². The Hall–Kier alpha value is -2.57. The lowest BCUT2D eigenvalue weighted by Gasteiger charge is -2.32. The van der Waals surface area contributed by atoms with Gasteiger partial charge in [0.15, 0.2) is 0 Å². The van der Waals surface area contributed by atoms with Gasteiger partial charge in [-0.25, -0.2) is 4.79 Å². The minimum atomic E-state index is -0.167. The first-order valence-corrected chi connectivity index (χ1v) is 10.3. The van der Waals surface area contributed by atoms with Crippen LogP contribution in [0.2, 0.25) is 5.02 Å². The SMILES string of the molecule is Cn1c(=O)n(CC(=O)NC2CCN(Cc3ccc(Cl)cc3)CC2)c2ccccc21. The molecule has 0 unspecified atom stereocenters. The first-order chi connectivity index (χ1) is 14.0. The lowest BCUT2D eigenvalue weighted by atomic mass is 10.0. The predicted octanol–water partition coefficient (Wildman–Crippen LogP) is 2.77. The average molecular weight is 413 g/mol. The lowest BCUT2D eigenvalue weighted by molar-refractivity contribution is -0.122. The summed E-state index contributed by atoms with van der Waals surface area (Å²) in [6.07, 6.45) is 1.81. The van der Waals surface area contributed by atoms with Crippen molar-refractivity contribution in [1.82, 2.24) is 19.4 Å². The molecule has 0 bridgehead atoms. The molecule has 4 rings (SSSR count). The number of carbonyl (C=O) groups excluding carboxylic acids is 1. The molecule has 6 nitrogen and oxygen atoms in total. The summed E-state index contributed by atoms with van der Waals surface area (Å²) >= 11 is 5.95. The number of hydrogen-bond donors (Lipinski definition) is 1. The number of likely N-dealkylation sites (tertiary alicyclic amines) is 1. The van der Waals surface area contributed by atoms with Gasteiger partial charge < -0.3 is 5.32 Å². The molecule has 0 atom stereocenters. The number of nitrogens with one attached hydrogen (secondary N) is 1. The van der Waals surface area contributed by atoms with Gasteiger partial charge in [-0.3, -0.25) is 18.8 Å².